The molecule has 114 valence electrons. The van der Waals surface area contributed by atoms with Crippen LogP contribution in [-0.2, 0) is 0 Å². The van der Waals surface area contributed by atoms with Gasteiger partial charge >= 0.3 is 0 Å². The molecule has 0 fully saturated rings. The number of hydrogen-bond acceptors (Lipinski definition) is 3. The van der Waals surface area contributed by atoms with Gasteiger partial charge in [-0.3, -0.25) is 4.79 Å². The number of carbonyl (C=O) groups is 1. The molecular formula is C16H11Cl3O3. The third-order valence-corrected chi connectivity index (χ3v) is 3.73. The maximum atomic E-state index is 12.1. The van der Waals surface area contributed by atoms with Gasteiger partial charge in [-0.1, -0.05) is 40.9 Å². The van der Waals surface area contributed by atoms with Gasteiger partial charge < -0.3 is 9.84 Å². The Kier molecular flexibility index (Phi) is 5.35. The second-order valence-electron chi connectivity index (χ2n) is 4.38. The zero-order valence-electron chi connectivity index (χ0n) is 11.4. The number of phenols is 1. The van der Waals surface area contributed by atoms with Crippen LogP contribution in [-0.4, -0.2) is 18.0 Å². The van der Waals surface area contributed by atoms with Crippen molar-refractivity contribution in [3.05, 3.63) is 62.6 Å². The average molecular weight is 358 g/mol. The number of aromatic hydroxyl groups is 1. The van der Waals surface area contributed by atoms with Gasteiger partial charge in [0, 0.05) is 10.6 Å². The van der Waals surface area contributed by atoms with Crippen molar-refractivity contribution in [2.75, 3.05) is 7.11 Å². The van der Waals surface area contributed by atoms with E-state index in [1.807, 2.05) is 0 Å². The number of methoxy groups -OCH3 is 1. The van der Waals surface area contributed by atoms with Crippen LogP contribution in [0.15, 0.2) is 36.4 Å². The van der Waals surface area contributed by atoms with Crippen LogP contribution in [0.3, 0.4) is 0 Å². The summed E-state index contributed by atoms with van der Waals surface area (Å²) in [5.41, 5.74) is 0.956. The van der Waals surface area contributed by atoms with E-state index in [2.05, 4.69) is 0 Å². The molecule has 0 unspecified atom stereocenters. The van der Waals surface area contributed by atoms with Crippen LogP contribution < -0.4 is 4.74 Å². The van der Waals surface area contributed by atoms with Crippen LogP contribution in [0, 0.1) is 0 Å². The Bertz CT molecular complexity index is 755. The number of hydrogen-bond donors (Lipinski definition) is 1. The SMILES string of the molecule is COc1cc(/C=C/C(=O)c2ccc(Cl)cc2Cl)cc(Cl)c1O. The summed E-state index contributed by atoms with van der Waals surface area (Å²) in [7, 11) is 1.41. The van der Waals surface area contributed by atoms with Crippen molar-refractivity contribution in [1.82, 2.24) is 0 Å². The molecule has 0 spiro atoms. The molecule has 0 aliphatic rings. The molecule has 0 aromatic heterocycles. The van der Waals surface area contributed by atoms with Crippen LogP contribution >= 0.6 is 34.8 Å². The summed E-state index contributed by atoms with van der Waals surface area (Å²) in [5, 5.41) is 10.5. The fourth-order valence-electron chi connectivity index (χ4n) is 1.80. The van der Waals surface area contributed by atoms with Gasteiger partial charge in [-0.2, -0.15) is 0 Å². The maximum absolute atomic E-state index is 12.1. The molecular weight excluding hydrogens is 347 g/mol. The van der Waals surface area contributed by atoms with Gasteiger partial charge in [0.2, 0.25) is 0 Å². The van der Waals surface area contributed by atoms with E-state index in [-0.39, 0.29) is 27.3 Å². The standard InChI is InChI=1S/C16H11Cl3O3/c1-22-15-7-9(6-13(19)16(15)21)2-5-14(20)11-4-3-10(17)8-12(11)18/h2-8,21H,1H3/b5-2+. The minimum absolute atomic E-state index is 0.135. The molecule has 0 saturated carbocycles. The van der Waals surface area contributed by atoms with Gasteiger partial charge in [0.05, 0.1) is 17.2 Å². The Labute approximate surface area is 142 Å². The molecule has 1 N–H and O–H groups in total. The van der Waals surface area contributed by atoms with E-state index in [4.69, 9.17) is 39.5 Å². The van der Waals surface area contributed by atoms with E-state index >= 15 is 0 Å². The molecule has 0 aliphatic carbocycles. The molecule has 0 amide bonds. The molecule has 3 nitrogen and oxygen atoms in total. The molecule has 0 saturated heterocycles. The fraction of sp³-hybridized carbons (Fsp3) is 0.0625. The van der Waals surface area contributed by atoms with Crippen LogP contribution in [0.4, 0.5) is 0 Å². The number of rotatable bonds is 4. The normalized spacial score (nSPS) is 10.9. The molecule has 0 heterocycles. The zero-order valence-corrected chi connectivity index (χ0v) is 13.7. The van der Waals surface area contributed by atoms with Gasteiger partial charge in [0.15, 0.2) is 17.3 Å². The smallest absolute Gasteiger partial charge is 0.187 e. The van der Waals surface area contributed by atoms with E-state index in [1.165, 1.54) is 25.3 Å². The predicted molar refractivity (Wildman–Crippen MR) is 89.5 cm³/mol. The summed E-state index contributed by atoms with van der Waals surface area (Å²) in [5.74, 6) is -0.192. The summed E-state index contributed by atoms with van der Waals surface area (Å²) < 4.78 is 5.00. The molecule has 6 heteroatoms. The lowest BCUT2D eigenvalue weighted by atomic mass is 10.1. The molecule has 0 bridgehead atoms. The van der Waals surface area contributed by atoms with E-state index in [1.54, 1.807) is 24.3 Å². The van der Waals surface area contributed by atoms with Crippen molar-refractivity contribution in [3.63, 3.8) is 0 Å². The van der Waals surface area contributed by atoms with Gasteiger partial charge in [-0.25, -0.2) is 0 Å². The van der Waals surface area contributed by atoms with E-state index < -0.39 is 0 Å². The first kappa shape index (κ1) is 16.7. The Balaban J connectivity index is 2.28. The topological polar surface area (TPSA) is 46.5 Å². The van der Waals surface area contributed by atoms with Crippen molar-refractivity contribution < 1.29 is 14.6 Å². The maximum Gasteiger partial charge on any atom is 0.187 e. The van der Waals surface area contributed by atoms with E-state index in [0.29, 0.717) is 16.1 Å². The van der Waals surface area contributed by atoms with Crippen molar-refractivity contribution in [3.8, 4) is 11.5 Å². The van der Waals surface area contributed by atoms with Crippen LogP contribution in [0.5, 0.6) is 11.5 Å². The highest BCUT2D eigenvalue weighted by molar-refractivity contribution is 6.37. The summed E-state index contributed by atoms with van der Waals surface area (Å²) in [6.45, 7) is 0. The molecule has 2 aromatic rings. The van der Waals surface area contributed by atoms with Gasteiger partial charge in [-0.05, 0) is 42.0 Å². The highest BCUT2D eigenvalue weighted by Gasteiger charge is 2.10. The number of allylic oxidation sites excluding steroid dienone is 1. The third-order valence-electron chi connectivity index (χ3n) is 2.89. The lowest BCUT2D eigenvalue weighted by molar-refractivity contribution is 0.104. The highest BCUT2D eigenvalue weighted by atomic mass is 35.5. The van der Waals surface area contributed by atoms with Gasteiger partial charge in [-0.15, -0.1) is 0 Å². The summed E-state index contributed by atoms with van der Waals surface area (Å²) in [6.07, 6.45) is 2.92. The van der Waals surface area contributed by atoms with Gasteiger partial charge in [0.1, 0.15) is 0 Å². The first-order chi connectivity index (χ1) is 10.4. The van der Waals surface area contributed by atoms with Crippen LogP contribution in [0.1, 0.15) is 15.9 Å². The number of ether oxygens (including phenoxy) is 1. The first-order valence-corrected chi connectivity index (χ1v) is 7.29. The van der Waals surface area contributed by atoms with E-state index in [9.17, 15) is 9.90 Å². The van der Waals surface area contributed by atoms with Crippen LogP contribution in [0.25, 0.3) is 6.08 Å². The van der Waals surface area contributed by atoms with Crippen molar-refractivity contribution in [1.29, 1.82) is 0 Å². The summed E-state index contributed by atoms with van der Waals surface area (Å²) in [4.78, 5) is 12.1. The second kappa shape index (κ2) is 7.05. The Hall–Kier alpha value is -1.68. The molecule has 22 heavy (non-hydrogen) atoms. The predicted octanol–water partition coefficient (Wildman–Crippen LogP) is 5.26. The first-order valence-electron chi connectivity index (χ1n) is 6.16. The average Bonchev–Trinajstić information content (AvgIpc) is 2.48. The molecule has 0 aliphatic heterocycles. The number of carbonyl (C=O) groups excluding carboxylic acids is 1. The molecule has 0 atom stereocenters. The molecule has 2 rings (SSSR count). The lowest BCUT2D eigenvalue weighted by Gasteiger charge is -2.06. The molecule has 2 aromatic carbocycles. The molecule has 0 radical (unpaired) electrons. The summed E-state index contributed by atoms with van der Waals surface area (Å²) in [6, 6.07) is 7.74. The van der Waals surface area contributed by atoms with Crippen LogP contribution in [0.2, 0.25) is 15.1 Å². The Morgan fingerprint density at radius 3 is 2.50 bits per heavy atom. The second-order valence-corrected chi connectivity index (χ2v) is 5.63. The zero-order chi connectivity index (χ0) is 16.3. The number of halogens is 3. The number of phenolic OH excluding ortho intramolecular Hbond substituents is 1. The third kappa shape index (κ3) is 3.74. The van der Waals surface area contributed by atoms with Crippen molar-refractivity contribution in [2.45, 2.75) is 0 Å². The van der Waals surface area contributed by atoms with E-state index in [0.717, 1.165) is 0 Å². The van der Waals surface area contributed by atoms with Crippen molar-refractivity contribution in [2.24, 2.45) is 0 Å². The Morgan fingerprint density at radius 1 is 1.14 bits per heavy atom. The fourth-order valence-corrected chi connectivity index (χ4v) is 2.52. The van der Waals surface area contributed by atoms with Gasteiger partial charge in [0.25, 0.3) is 0 Å². The number of benzene rings is 2. The summed E-state index contributed by atoms with van der Waals surface area (Å²) >= 11 is 17.7. The highest BCUT2D eigenvalue weighted by Crippen LogP contribution is 2.35. The Morgan fingerprint density at radius 2 is 1.86 bits per heavy atom. The van der Waals surface area contributed by atoms with Crippen molar-refractivity contribution >= 4 is 46.7 Å². The quantitative estimate of drug-likeness (QED) is 0.600. The number of ketones is 1. The lowest BCUT2D eigenvalue weighted by Crippen LogP contribution is -1.95. The minimum Gasteiger partial charge on any atom is -0.503 e. The monoisotopic (exact) mass is 356 g/mol. The minimum atomic E-state index is -0.273. The largest absolute Gasteiger partial charge is 0.503 e.